The van der Waals surface area contributed by atoms with Crippen molar-refractivity contribution in [2.24, 2.45) is 10.9 Å². The van der Waals surface area contributed by atoms with Crippen LogP contribution in [0.5, 0.6) is 0 Å². The molecule has 1 amide bonds. The maximum atomic E-state index is 12.5. The van der Waals surface area contributed by atoms with Crippen LogP contribution < -0.4 is 10.6 Å². The zero-order chi connectivity index (χ0) is 19.1. The predicted molar refractivity (Wildman–Crippen MR) is 112 cm³/mol. The summed E-state index contributed by atoms with van der Waals surface area (Å²) < 4.78 is 0. The molecule has 2 heterocycles. The zero-order valence-corrected chi connectivity index (χ0v) is 17.4. The summed E-state index contributed by atoms with van der Waals surface area (Å²) in [6, 6.07) is 4.47. The number of thiophene rings is 1. The van der Waals surface area contributed by atoms with Crippen molar-refractivity contribution in [3.63, 3.8) is 0 Å². The van der Waals surface area contributed by atoms with E-state index >= 15 is 0 Å². The van der Waals surface area contributed by atoms with Crippen molar-refractivity contribution in [2.45, 2.75) is 38.6 Å². The topological polar surface area (TPSA) is 60.0 Å². The molecule has 0 spiro atoms. The molecule has 0 radical (unpaired) electrons. The molecule has 2 N–H and O–H groups in total. The lowest BCUT2D eigenvalue weighted by Crippen LogP contribution is -2.52. The number of carbonyl (C=O) groups excluding carboxylic acids is 1. The second kappa shape index (κ2) is 10.1. The summed E-state index contributed by atoms with van der Waals surface area (Å²) in [4.78, 5) is 22.7. The number of nitrogens with zero attached hydrogens (tertiary/aromatic N) is 3. The largest absolute Gasteiger partial charge is 0.355 e. The van der Waals surface area contributed by atoms with Crippen LogP contribution in [0.1, 0.15) is 43.5 Å². The second-order valence-electron chi connectivity index (χ2n) is 7.53. The average molecular weight is 392 g/mol. The van der Waals surface area contributed by atoms with Crippen LogP contribution >= 0.6 is 11.3 Å². The first-order valence-corrected chi connectivity index (χ1v) is 11.1. The highest BCUT2D eigenvalue weighted by molar-refractivity contribution is 7.10. The van der Waals surface area contributed by atoms with Gasteiger partial charge in [-0.1, -0.05) is 18.9 Å². The molecule has 0 aromatic carbocycles. The average Bonchev–Trinajstić information content (AvgIpc) is 3.41. The Morgan fingerprint density at radius 2 is 2.04 bits per heavy atom. The van der Waals surface area contributed by atoms with Gasteiger partial charge in [0.05, 0.1) is 6.04 Å². The van der Waals surface area contributed by atoms with Gasteiger partial charge in [-0.2, -0.15) is 0 Å². The number of piperazine rings is 1. The predicted octanol–water partition coefficient (Wildman–Crippen LogP) is 2.31. The maximum absolute atomic E-state index is 12.5. The Balaban J connectivity index is 1.34. The van der Waals surface area contributed by atoms with Crippen LogP contribution in [0.3, 0.4) is 0 Å². The lowest BCUT2D eigenvalue weighted by Gasteiger charge is -2.36. The summed E-state index contributed by atoms with van der Waals surface area (Å²) >= 11 is 1.76. The van der Waals surface area contributed by atoms with Crippen molar-refractivity contribution in [3.05, 3.63) is 22.4 Å². The van der Waals surface area contributed by atoms with Crippen molar-refractivity contribution < 1.29 is 4.79 Å². The van der Waals surface area contributed by atoms with E-state index in [0.717, 1.165) is 58.1 Å². The Morgan fingerprint density at radius 3 is 2.67 bits per heavy atom. The number of aliphatic imine (C=N–C) groups is 1. The third kappa shape index (κ3) is 5.69. The maximum Gasteiger partial charge on any atom is 0.225 e. The summed E-state index contributed by atoms with van der Waals surface area (Å²) in [5, 5.41) is 8.95. The van der Waals surface area contributed by atoms with Gasteiger partial charge < -0.3 is 15.5 Å². The zero-order valence-electron chi connectivity index (χ0n) is 16.6. The summed E-state index contributed by atoms with van der Waals surface area (Å²) in [5.74, 6) is 1.54. The van der Waals surface area contributed by atoms with Crippen LogP contribution in [0.2, 0.25) is 0 Å². The van der Waals surface area contributed by atoms with E-state index in [-0.39, 0.29) is 6.04 Å². The molecule has 1 saturated carbocycles. The standard InChI is InChI=1S/C20H33N5OS/c1-16(18-8-5-15-27-18)23-20(21-2)22-9-10-24-11-13-25(14-12-24)19(26)17-6-3-4-7-17/h5,8,15-17H,3-4,6-7,9-14H2,1-2H3,(H2,21,22,23). The van der Waals surface area contributed by atoms with E-state index in [9.17, 15) is 4.79 Å². The minimum atomic E-state index is 0.251. The van der Waals surface area contributed by atoms with E-state index in [0.29, 0.717) is 11.8 Å². The van der Waals surface area contributed by atoms with Crippen LogP contribution in [-0.2, 0) is 4.79 Å². The van der Waals surface area contributed by atoms with Crippen LogP contribution in [-0.4, -0.2) is 68.0 Å². The Morgan fingerprint density at radius 1 is 1.30 bits per heavy atom. The molecular formula is C20H33N5OS. The highest BCUT2D eigenvalue weighted by Crippen LogP contribution is 2.26. The van der Waals surface area contributed by atoms with Gasteiger partial charge >= 0.3 is 0 Å². The fraction of sp³-hybridized carbons (Fsp3) is 0.700. The van der Waals surface area contributed by atoms with Gasteiger partial charge in [-0.25, -0.2) is 0 Å². The highest BCUT2D eigenvalue weighted by atomic mass is 32.1. The Labute approximate surface area is 167 Å². The molecule has 1 unspecified atom stereocenters. The molecule has 1 aliphatic heterocycles. The van der Waals surface area contributed by atoms with E-state index < -0.39 is 0 Å². The molecule has 2 fully saturated rings. The summed E-state index contributed by atoms with van der Waals surface area (Å²) in [5.41, 5.74) is 0. The van der Waals surface area contributed by atoms with Crippen LogP contribution in [0.25, 0.3) is 0 Å². The summed E-state index contributed by atoms with van der Waals surface area (Å²) in [7, 11) is 1.81. The number of hydrogen-bond donors (Lipinski definition) is 2. The Bertz CT molecular complexity index is 604. The van der Waals surface area contributed by atoms with Gasteiger partial charge in [0.2, 0.25) is 5.91 Å². The molecule has 2 aliphatic rings. The van der Waals surface area contributed by atoms with Crippen molar-refractivity contribution in [1.29, 1.82) is 0 Å². The molecule has 3 rings (SSSR count). The minimum Gasteiger partial charge on any atom is -0.355 e. The summed E-state index contributed by atoms with van der Waals surface area (Å²) in [6.45, 7) is 7.66. The monoisotopic (exact) mass is 391 g/mol. The van der Waals surface area contributed by atoms with Crippen molar-refractivity contribution in [3.8, 4) is 0 Å². The van der Waals surface area contributed by atoms with Gasteiger partial charge in [0, 0.05) is 57.1 Å². The van der Waals surface area contributed by atoms with Gasteiger partial charge in [0.15, 0.2) is 5.96 Å². The Kier molecular flexibility index (Phi) is 7.52. The third-order valence-corrected chi connectivity index (χ3v) is 6.71. The molecular weight excluding hydrogens is 358 g/mol. The molecule has 1 aromatic rings. The van der Waals surface area contributed by atoms with E-state index in [1.54, 1.807) is 11.3 Å². The lowest BCUT2D eigenvalue weighted by molar-refractivity contribution is -0.137. The molecule has 1 atom stereocenters. The van der Waals surface area contributed by atoms with Gasteiger partial charge in [-0.3, -0.25) is 14.7 Å². The van der Waals surface area contributed by atoms with Gasteiger partial charge in [0.1, 0.15) is 0 Å². The first-order valence-electron chi connectivity index (χ1n) is 10.2. The van der Waals surface area contributed by atoms with Crippen LogP contribution in [0.15, 0.2) is 22.5 Å². The van der Waals surface area contributed by atoms with Gasteiger partial charge in [-0.05, 0) is 31.2 Å². The van der Waals surface area contributed by atoms with Crippen molar-refractivity contribution in [1.82, 2.24) is 20.4 Å². The van der Waals surface area contributed by atoms with Crippen molar-refractivity contribution in [2.75, 3.05) is 46.3 Å². The molecule has 1 saturated heterocycles. The fourth-order valence-electron chi connectivity index (χ4n) is 3.96. The Hall–Kier alpha value is -1.60. The second-order valence-corrected chi connectivity index (χ2v) is 8.51. The highest BCUT2D eigenvalue weighted by Gasteiger charge is 2.29. The van der Waals surface area contributed by atoms with Crippen LogP contribution in [0, 0.1) is 5.92 Å². The first-order chi connectivity index (χ1) is 13.2. The SMILES string of the molecule is CN=C(NCCN1CCN(C(=O)C2CCCC2)CC1)NC(C)c1cccs1. The smallest absolute Gasteiger partial charge is 0.225 e. The van der Waals surface area contributed by atoms with Crippen molar-refractivity contribution >= 4 is 23.2 Å². The number of rotatable bonds is 6. The fourth-order valence-corrected chi connectivity index (χ4v) is 4.70. The van der Waals surface area contributed by atoms with E-state index in [4.69, 9.17) is 0 Å². The van der Waals surface area contributed by atoms with E-state index in [2.05, 4.69) is 49.9 Å². The lowest BCUT2D eigenvalue weighted by atomic mass is 10.1. The molecule has 1 aliphatic carbocycles. The van der Waals surface area contributed by atoms with Crippen LogP contribution in [0.4, 0.5) is 0 Å². The normalized spacial score (nSPS) is 20.7. The molecule has 150 valence electrons. The van der Waals surface area contributed by atoms with E-state index in [1.807, 2.05) is 7.05 Å². The number of guanidine groups is 1. The number of carbonyl (C=O) groups is 1. The molecule has 27 heavy (non-hydrogen) atoms. The minimum absolute atomic E-state index is 0.251. The first kappa shape index (κ1) is 20.1. The molecule has 7 heteroatoms. The van der Waals surface area contributed by atoms with E-state index in [1.165, 1.54) is 17.7 Å². The third-order valence-electron chi connectivity index (χ3n) is 5.66. The number of nitrogens with one attached hydrogen (secondary N) is 2. The summed E-state index contributed by atoms with van der Waals surface area (Å²) in [6.07, 6.45) is 4.64. The molecule has 6 nitrogen and oxygen atoms in total. The number of hydrogen-bond acceptors (Lipinski definition) is 4. The molecule has 1 aromatic heterocycles. The van der Waals surface area contributed by atoms with Gasteiger partial charge in [0.25, 0.3) is 0 Å². The quantitative estimate of drug-likeness (QED) is 0.577. The van der Waals surface area contributed by atoms with Gasteiger partial charge in [-0.15, -0.1) is 11.3 Å². The number of amides is 1. The molecule has 0 bridgehead atoms.